The van der Waals surface area contributed by atoms with E-state index in [1.807, 2.05) is 0 Å². The Hall–Kier alpha value is 0.568. The molecule has 48 valence electrons. The molecule has 0 aliphatic carbocycles. The molecule has 0 bridgehead atoms. The van der Waals surface area contributed by atoms with E-state index in [-0.39, 0.29) is 34.2 Å². The average molecular weight is 285 g/mol. The van der Waals surface area contributed by atoms with Crippen molar-refractivity contribution in [1.82, 2.24) is 0 Å². The minimum atomic E-state index is -0.509. The van der Waals surface area contributed by atoms with Gasteiger partial charge in [0, 0.05) is 34.2 Å². The Kier molecular flexibility index (Phi) is 9.88. The van der Waals surface area contributed by atoms with Crippen LogP contribution in [0.25, 0.3) is 0 Å². The van der Waals surface area contributed by atoms with Crippen LogP contribution in [0.1, 0.15) is 0 Å². The van der Waals surface area contributed by atoms with Crippen LogP contribution in [0.2, 0.25) is 0 Å². The van der Waals surface area contributed by atoms with Crippen LogP contribution in [-0.2, 0) is 21.1 Å². The molecule has 0 heterocycles. The van der Waals surface area contributed by atoms with E-state index in [1.165, 1.54) is 0 Å². The summed E-state index contributed by atoms with van der Waals surface area (Å²) in [7, 11) is 0. The summed E-state index contributed by atoms with van der Waals surface area (Å²) in [6.07, 6.45) is -0.509. The molecular formula is C3H10N2OPt. The predicted octanol–water partition coefficient (Wildman–Crippen LogP) is -1.74. The van der Waals surface area contributed by atoms with Crippen molar-refractivity contribution in [3.63, 3.8) is 0 Å². The van der Waals surface area contributed by atoms with E-state index >= 15 is 0 Å². The molecule has 0 aromatic carbocycles. The van der Waals surface area contributed by atoms with Gasteiger partial charge in [-0.25, -0.2) is 0 Å². The number of rotatable bonds is 2. The van der Waals surface area contributed by atoms with Crippen LogP contribution in [0.15, 0.2) is 0 Å². The van der Waals surface area contributed by atoms with Crippen LogP contribution in [0.4, 0.5) is 0 Å². The van der Waals surface area contributed by atoms with Gasteiger partial charge in [0.05, 0.1) is 6.10 Å². The smallest absolute Gasteiger partial charge is 0.0784 e. The van der Waals surface area contributed by atoms with Gasteiger partial charge in [0.25, 0.3) is 0 Å². The third kappa shape index (κ3) is 6.57. The number of nitrogens with two attached hydrogens (primary N) is 2. The summed E-state index contributed by atoms with van der Waals surface area (Å²) >= 11 is 0. The minimum absolute atomic E-state index is 0. The Labute approximate surface area is 57.3 Å². The first-order valence-corrected chi connectivity index (χ1v) is 1.89. The fourth-order valence-electron chi connectivity index (χ4n) is 0.0962. The third-order valence-corrected chi connectivity index (χ3v) is 0.544. The summed E-state index contributed by atoms with van der Waals surface area (Å²) in [5.41, 5.74) is 9.91. The molecule has 0 rings (SSSR count). The van der Waals surface area contributed by atoms with E-state index < -0.39 is 6.10 Å². The van der Waals surface area contributed by atoms with Crippen molar-refractivity contribution in [1.29, 1.82) is 0 Å². The molecule has 0 atom stereocenters. The van der Waals surface area contributed by atoms with Crippen LogP contribution >= 0.6 is 0 Å². The molecule has 3 nitrogen and oxygen atoms in total. The van der Waals surface area contributed by atoms with Crippen LogP contribution in [0.3, 0.4) is 0 Å². The zero-order valence-corrected chi connectivity index (χ0v) is 6.18. The van der Waals surface area contributed by atoms with Crippen molar-refractivity contribution in [3.05, 3.63) is 0 Å². The zero-order chi connectivity index (χ0) is 4.99. The Bertz CT molecular complexity index is 32.1. The zero-order valence-electron chi connectivity index (χ0n) is 3.91. The molecule has 0 radical (unpaired) electrons. The molecule has 0 amide bonds. The van der Waals surface area contributed by atoms with Gasteiger partial charge < -0.3 is 16.6 Å². The second-order valence-electron chi connectivity index (χ2n) is 1.13. The van der Waals surface area contributed by atoms with Crippen molar-refractivity contribution >= 4 is 0 Å². The molecule has 0 aliphatic rings. The monoisotopic (exact) mass is 285 g/mol. The maximum Gasteiger partial charge on any atom is 0.0784 e. The standard InChI is InChI=1S/C3H10N2O.Pt/c4-1-3(6)2-5;/h3,6H,1-2,4-5H2;. The first-order valence-electron chi connectivity index (χ1n) is 1.89. The minimum Gasteiger partial charge on any atom is -0.390 e. The first kappa shape index (κ1) is 10.5. The van der Waals surface area contributed by atoms with Gasteiger partial charge in [-0.15, -0.1) is 0 Å². The van der Waals surface area contributed by atoms with Gasteiger partial charge in [-0.05, 0) is 0 Å². The normalized spacial score (nSPS) is 8.57. The molecule has 0 saturated heterocycles. The van der Waals surface area contributed by atoms with E-state index in [2.05, 4.69) is 0 Å². The molecule has 0 aliphatic heterocycles. The second-order valence-corrected chi connectivity index (χ2v) is 1.13. The quantitative estimate of drug-likeness (QED) is 0.564. The fraction of sp³-hybridized carbons (Fsp3) is 1.00. The van der Waals surface area contributed by atoms with Gasteiger partial charge in [0.1, 0.15) is 0 Å². The number of aliphatic hydroxyl groups is 1. The van der Waals surface area contributed by atoms with E-state index in [9.17, 15) is 0 Å². The Morgan fingerprint density at radius 1 is 1.29 bits per heavy atom. The van der Waals surface area contributed by atoms with Crippen molar-refractivity contribution in [2.45, 2.75) is 6.10 Å². The summed E-state index contributed by atoms with van der Waals surface area (Å²) in [4.78, 5) is 0. The van der Waals surface area contributed by atoms with Gasteiger partial charge in [0.2, 0.25) is 0 Å². The molecule has 0 unspecified atom stereocenters. The van der Waals surface area contributed by atoms with Crippen LogP contribution in [0.5, 0.6) is 0 Å². The second kappa shape index (κ2) is 6.57. The molecule has 7 heavy (non-hydrogen) atoms. The molecule has 4 heteroatoms. The Morgan fingerprint density at radius 3 is 1.57 bits per heavy atom. The number of hydrogen-bond donors (Lipinski definition) is 3. The molecule has 0 aromatic rings. The van der Waals surface area contributed by atoms with Crippen LogP contribution in [0, 0.1) is 0 Å². The number of hydrogen-bond acceptors (Lipinski definition) is 3. The molecule has 0 saturated carbocycles. The van der Waals surface area contributed by atoms with Crippen molar-refractivity contribution in [2.24, 2.45) is 11.5 Å². The molecular weight excluding hydrogens is 275 g/mol. The summed E-state index contributed by atoms with van der Waals surface area (Å²) in [5, 5.41) is 8.42. The molecule has 0 aromatic heterocycles. The Balaban J connectivity index is 0. The largest absolute Gasteiger partial charge is 0.390 e. The summed E-state index contributed by atoms with van der Waals surface area (Å²) in [5.74, 6) is 0. The van der Waals surface area contributed by atoms with Gasteiger partial charge in [-0.3, -0.25) is 0 Å². The van der Waals surface area contributed by atoms with Gasteiger partial charge >= 0.3 is 0 Å². The summed E-state index contributed by atoms with van der Waals surface area (Å²) in [6, 6.07) is 0. The van der Waals surface area contributed by atoms with E-state index in [0.29, 0.717) is 0 Å². The number of aliphatic hydroxyl groups excluding tert-OH is 1. The summed E-state index contributed by atoms with van der Waals surface area (Å²) < 4.78 is 0. The Morgan fingerprint density at radius 2 is 1.57 bits per heavy atom. The van der Waals surface area contributed by atoms with Crippen molar-refractivity contribution < 1.29 is 26.2 Å². The molecule has 5 N–H and O–H groups in total. The topological polar surface area (TPSA) is 72.3 Å². The predicted molar refractivity (Wildman–Crippen MR) is 24.1 cm³/mol. The van der Waals surface area contributed by atoms with Crippen LogP contribution in [-0.4, -0.2) is 24.3 Å². The fourth-order valence-corrected chi connectivity index (χ4v) is 0.0962. The van der Waals surface area contributed by atoms with Crippen molar-refractivity contribution in [2.75, 3.05) is 13.1 Å². The SMILES string of the molecule is NCC(O)CN.[Pt]. The van der Waals surface area contributed by atoms with E-state index in [4.69, 9.17) is 16.6 Å². The molecule has 0 spiro atoms. The molecule has 0 fully saturated rings. The van der Waals surface area contributed by atoms with Gasteiger partial charge in [0.15, 0.2) is 0 Å². The maximum atomic E-state index is 8.42. The third-order valence-electron chi connectivity index (χ3n) is 0.544. The van der Waals surface area contributed by atoms with Gasteiger partial charge in [-0.1, -0.05) is 0 Å². The van der Waals surface area contributed by atoms with Gasteiger partial charge in [-0.2, -0.15) is 0 Å². The summed E-state index contributed by atoms with van der Waals surface area (Å²) in [6.45, 7) is 0.521. The van der Waals surface area contributed by atoms with E-state index in [0.717, 1.165) is 0 Å². The van der Waals surface area contributed by atoms with Crippen molar-refractivity contribution in [3.8, 4) is 0 Å². The first-order chi connectivity index (χ1) is 2.81. The average Bonchev–Trinajstić information content (AvgIpc) is 1.65. The van der Waals surface area contributed by atoms with Crippen LogP contribution < -0.4 is 11.5 Å². The van der Waals surface area contributed by atoms with E-state index in [1.54, 1.807) is 0 Å². The maximum absolute atomic E-state index is 8.42.